The van der Waals surface area contributed by atoms with Crippen molar-refractivity contribution < 1.29 is 14.0 Å². The minimum atomic E-state index is -0.753. The number of benzene rings is 2. The van der Waals surface area contributed by atoms with Crippen LogP contribution in [-0.2, 0) is 11.3 Å². The van der Waals surface area contributed by atoms with E-state index in [0.29, 0.717) is 52.6 Å². The second kappa shape index (κ2) is 11.4. The number of hydrogen-bond acceptors (Lipinski definition) is 6. The predicted octanol–water partition coefficient (Wildman–Crippen LogP) is 3.30. The van der Waals surface area contributed by atoms with E-state index in [1.807, 2.05) is 25.3 Å². The van der Waals surface area contributed by atoms with Gasteiger partial charge in [-0.05, 0) is 62.9 Å². The molecular weight excluding hydrogens is 464 g/mol. The van der Waals surface area contributed by atoms with Gasteiger partial charge in [-0.15, -0.1) is 0 Å². The van der Waals surface area contributed by atoms with Gasteiger partial charge >= 0.3 is 5.76 Å². The normalized spacial score (nSPS) is 12.2. The van der Waals surface area contributed by atoms with Gasteiger partial charge in [0.05, 0.1) is 16.1 Å². The Bertz CT molecular complexity index is 1190. The summed E-state index contributed by atoms with van der Waals surface area (Å²) in [7, 11) is 3.84. The zero-order valence-corrected chi connectivity index (χ0v) is 20.3. The number of carbonyl (C=O) groups is 2. The van der Waals surface area contributed by atoms with E-state index in [0.717, 1.165) is 0 Å². The molecule has 0 saturated carbocycles. The van der Waals surface area contributed by atoms with Crippen LogP contribution in [0.1, 0.15) is 16.8 Å². The molecule has 2 amide bonds. The Morgan fingerprint density at radius 1 is 1.21 bits per heavy atom. The number of amides is 2. The number of hydrogen-bond donors (Lipinski definition) is 2. The molecule has 3 aromatic rings. The summed E-state index contributed by atoms with van der Waals surface area (Å²) in [6.45, 7) is 1.12. The Morgan fingerprint density at radius 3 is 2.67 bits per heavy atom. The van der Waals surface area contributed by atoms with Crippen LogP contribution >= 0.6 is 23.4 Å². The fourth-order valence-corrected chi connectivity index (χ4v) is 3.96. The number of likely N-dealkylation sites (N-methyl/N-ethyl adjacent to an activating group) is 1. The van der Waals surface area contributed by atoms with Crippen molar-refractivity contribution in [1.82, 2.24) is 14.8 Å². The van der Waals surface area contributed by atoms with E-state index in [9.17, 15) is 14.4 Å². The van der Waals surface area contributed by atoms with E-state index >= 15 is 0 Å². The number of fused-ring (bicyclic) bond motifs is 1. The quantitative estimate of drug-likeness (QED) is 0.452. The SMILES string of the molecule is CSCCC(NC(=O)c1ccccc1Cl)C(=O)Nc1ccc2oc(=O)n(CCN(C)C)c2c1. The van der Waals surface area contributed by atoms with Crippen molar-refractivity contribution in [2.24, 2.45) is 0 Å². The highest BCUT2D eigenvalue weighted by Crippen LogP contribution is 2.20. The highest BCUT2D eigenvalue weighted by atomic mass is 35.5. The molecule has 0 spiro atoms. The van der Waals surface area contributed by atoms with E-state index in [1.54, 1.807) is 54.2 Å². The minimum absolute atomic E-state index is 0.311. The first-order valence-electron chi connectivity index (χ1n) is 10.4. The fraction of sp³-hybridized carbons (Fsp3) is 0.348. The molecule has 0 saturated heterocycles. The molecule has 1 aromatic heterocycles. The first-order chi connectivity index (χ1) is 15.8. The van der Waals surface area contributed by atoms with Crippen LogP contribution in [0.15, 0.2) is 51.7 Å². The molecule has 8 nitrogen and oxygen atoms in total. The van der Waals surface area contributed by atoms with Gasteiger partial charge in [0, 0.05) is 18.8 Å². The van der Waals surface area contributed by atoms with Crippen LogP contribution in [-0.4, -0.2) is 60.0 Å². The molecule has 0 radical (unpaired) electrons. The molecule has 1 unspecified atom stereocenters. The number of nitrogens with one attached hydrogen (secondary N) is 2. The Labute approximate surface area is 201 Å². The fourth-order valence-electron chi connectivity index (χ4n) is 3.27. The standard InChI is InChI=1S/C23H27ClN4O4S/c1-27(2)11-12-28-19-14-15(8-9-20(19)32-23(28)31)25-22(30)18(10-13-33-3)26-21(29)16-6-4-5-7-17(16)24/h4-9,14,18H,10-13H2,1-3H3,(H,25,30)(H,26,29). The van der Waals surface area contributed by atoms with Crippen LogP contribution < -0.4 is 16.4 Å². The van der Waals surface area contributed by atoms with Crippen LogP contribution in [0.5, 0.6) is 0 Å². The summed E-state index contributed by atoms with van der Waals surface area (Å²) < 4.78 is 6.85. The average molecular weight is 491 g/mol. The number of carbonyl (C=O) groups excluding carboxylic acids is 2. The van der Waals surface area contributed by atoms with Crippen LogP contribution in [0, 0.1) is 0 Å². The van der Waals surface area contributed by atoms with Crippen LogP contribution in [0.4, 0.5) is 5.69 Å². The van der Waals surface area contributed by atoms with E-state index in [2.05, 4.69) is 10.6 Å². The van der Waals surface area contributed by atoms with Gasteiger partial charge in [-0.3, -0.25) is 14.2 Å². The van der Waals surface area contributed by atoms with Crippen molar-refractivity contribution in [3.05, 3.63) is 63.6 Å². The maximum absolute atomic E-state index is 13.0. The van der Waals surface area contributed by atoms with Gasteiger partial charge in [0.25, 0.3) is 5.91 Å². The number of anilines is 1. The molecule has 3 rings (SSSR count). The van der Waals surface area contributed by atoms with Gasteiger partial charge in [0.2, 0.25) is 5.91 Å². The average Bonchev–Trinajstić information content (AvgIpc) is 3.09. The Balaban J connectivity index is 1.79. The zero-order valence-electron chi connectivity index (χ0n) is 18.8. The second-order valence-corrected chi connectivity index (χ2v) is 9.17. The molecule has 1 heterocycles. The van der Waals surface area contributed by atoms with Gasteiger partial charge in [-0.25, -0.2) is 4.79 Å². The zero-order chi connectivity index (χ0) is 24.0. The summed E-state index contributed by atoms with van der Waals surface area (Å²) >= 11 is 7.71. The predicted molar refractivity (Wildman–Crippen MR) is 133 cm³/mol. The monoisotopic (exact) mass is 490 g/mol. The lowest BCUT2D eigenvalue weighted by molar-refractivity contribution is -0.118. The van der Waals surface area contributed by atoms with Gasteiger partial charge in [0.1, 0.15) is 6.04 Å². The molecule has 10 heteroatoms. The van der Waals surface area contributed by atoms with E-state index in [1.165, 1.54) is 4.57 Å². The number of rotatable bonds is 10. The molecule has 0 aliphatic heterocycles. The molecule has 2 N–H and O–H groups in total. The van der Waals surface area contributed by atoms with E-state index in [4.69, 9.17) is 16.0 Å². The number of oxazole rings is 1. The van der Waals surface area contributed by atoms with Crippen LogP contribution in [0.2, 0.25) is 5.02 Å². The van der Waals surface area contributed by atoms with Gasteiger partial charge in [-0.1, -0.05) is 23.7 Å². The van der Waals surface area contributed by atoms with Crippen molar-refractivity contribution in [3.8, 4) is 0 Å². The number of nitrogens with zero attached hydrogens (tertiary/aromatic N) is 2. The Kier molecular flexibility index (Phi) is 8.60. The Morgan fingerprint density at radius 2 is 1.97 bits per heavy atom. The molecule has 33 heavy (non-hydrogen) atoms. The number of thioether (sulfide) groups is 1. The molecule has 2 aromatic carbocycles. The van der Waals surface area contributed by atoms with Crippen LogP contribution in [0.3, 0.4) is 0 Å². The second-order valence-electron chi connectivity index (χ2n) is 7.78. The molecule has 0 aliphatic carbocycles. The van der Waals surface area contributed by atoms with E-state index in [-0.39, 0.29) is 5.91 Å². The molecule has 0 fully saturated rings. The van der Waals surface area contributed by atoms with Crippen molar-refractivity contribution in [2.75, 3.05) is 38.0 Å². The minimum Gasteiger partial charge on any atom is -0.408 e. The molecule has 0 bridgehead atoms. The lowest BCUT2D eigenvalue weighted by Gasteiger charge is -2.19. The summed E-state index contributed by atoms with van der Waals surface area (Å²) in [6, 6.07) is 11.0. The summed E-state index contributed by atoms with van der Waals surface area (Å²) in [5.74, 6) is -0.523. The summed E-state index contributed by atoms with van der Waals surface area (Å²) in [6.07, 6.45) is 2.38. The third-order valence-electron chi connectivity index (χ3n) is 5.06. The molecule has 0 aliphatic rings. The van der Waals surface area contributed by atoms with Gasteiger partial charge in [0.15, 0.2) is 5.58 Å². The van der Waals surface area contributed by atoms with Gasteiger partial charge in [-0.2, -0.15) is 11.8 Å². The first-order valence-corrected chi connectivity index (χ1v) is 12.2. The summed E-state index contributed by atoms with van der Waals surface area (Å²) in [5, 5.41) is 5.96. The molecule has 176 valence electrons. The number of aromatic nitrogens is 1. The lowest BCUT2D eigenvalue weighted by atomic mass is 10.1. The maximum Gasteiger partial charge on any atom is 0.419 e. The maximum atomic E-state index is 13.0. The lowest BCUT2D eigenvalue weighted by Crippen LogP contribution is -2.44. The smallest absolute Gasteiger partial charge is 0.408 e. The van der Waals surface area contributed by atoms with Crippen LogP contribution in [0.25, 0.3) is 11.1 Å². The summed E-state index contributed by atoms with van der Waals surface area (Å²) in [5.41, 5.74) is 1.86. The molecule has 1 atom stereocenters. The summed E-state index contributed by atoms with van der Waals surface area (Å²) in [4.78, 5) is 39.9. The van der Waals surface area contributed by atoms with Crippen molar-refractivity contribution in [1.29, 1.82) is 0 Å². The van der Waals surface area contributed by atoms with Crippen molar-refractivity contribution in [3.63, 3.8) is 0 Å². The first kappa shape index (κ1) is 24.9. The highest BCUT2D eigenvalue weighted by molar-refractivity contribution is 7.98. The van der Waals surface area contributed by atoms with E-state index < -0.39 is 17.7 Å². The highest BCUT2D eigenvalue weighted by Gasteiger charge is 2.23. The number of halogens is 1. The third-order valence-corrected chi connectivity index (χ3v) is 6.03. The topological polar surface area (TPSA) is 96.6 Å². The largest absolute Gasteiger partial charge is 0.419 e. The van der Waals surface area contributed by atoms with Crippen molar-refractivity contribution >= 4 is 52.0 Å². The van der Waals surface area contributed by atoms with Gasteiger partial charge < -0.3 is 20.0 Å². The Hall–Kier alpha value is -2.75. The van der Waals surface area contributed by atoms with Crippen molar-refractivity contribution in [2.45, 2.75) is 19.0 Å². The third kappa shape index (κ3) is 6.40. The molecular formula is C23H27ClN4O4S.